The Morgan fingerprint density at radius 3 is 2.57 bits per heavy atom. The SMILES string of the molecule is COCO[C@@]1(Cc2cc(OCCC3CC3)ccn2)C(=O)N(COC)[C@H]1COc1ccc(C(F)(F)F)cn1. The highest BCUT2D eigenvalue weighted by molar-refractivity contribution is 5.93. The zero-order chi connectivity index (χ0) is 26.5. The zero-order valence-corrected chi connectivity index (χ0v) is 20.7. The van der Waals surface area contributed by atoms with Crippen LogP contribution in [0, 0.1) is 5.92 Å². The van der Waals surface area contributed by atoms with Crippen LogP contribution < -0.4 is 9.47 Å². The van der Waals surface area contributed by atoms with Crippen molar-refractivity contribution in [1.29, 1.82) is 0 Å². The van der Waals surface area contributed by atoms with Crippen LogP contribution in [0.25, 0.3) is 0 Å². The van der Waals surface area contributed by atoms with Crippen LogP contribution in [-0.4, -0.2) is 73.4 Å². The minimum atomic E-state index is -4.51. The number of amides is 1. The van der Waals surface area contributed by atoms with Crippen molar-refractivity contribution in [3.63, 3.8) is 0 Å². The van der Waals surface area contributed by atoms with Crippen LogP contribution >= 0.6 is 0 Å². The van der Waals surface area contributed by atoms with Gasteiger partial charge >= 0.3 is 6.18 Å². The third kappa shape index (κ3) is 6.49. The molecule has 2 atom stereocenters. The van der Waals surface area contributed by atoms with Crippen molar-refractivity contribution in [2.45, 2.75) is 43.5 Å². The van der Waals surface area contributed by atoms with Gasteiger partial charge in [-0.1, -0.05) is 12.8 Å². The van der Waals surface area contributed by atoms with E-state index in [1.165, 1.54) is 32.0 Å². The average molecular weight is 526 g/mol. The molecule has 1 saturated heterocycles. The number of methoxy groups -OCH3 is 2. The number of hydrogen-bond donors (Lipinski definition) is 0. The van der Waals surface area contributed by atoms with Crippen molar-refractivity contribution in [3.05, 3.63) is 47.9 Å². The maximum atomic E-state index is 13.3. The fraction of sp³-hybridized carbons (Fsp3) is 0.560. The molecule has 0 unspecified atom stereocenters. The number of alkyl halides is 3. The molecule has 2 aromatic rings. The van der Waals surface area contributed by atoms with Gasteiger partial charge in [-0.05, 0) is 24.5 Å². The van der Waals surface area contributed by atoms with E-state index in [2.05, 4.69) is 9.97 Å². The Morgan fingerprint density at radius 2 is 1.92 bits per heavy atom. The number of halogens is 3. The van der Waals surface area contributed by atoms with Crippen molar-refractivity contribution in [3.8, 4) is 11.6 Å². The quantitative estimate of drug-likeness (QED) is 0.274. The second kappa shape index (κ2) is 11.6. The Bertz CT molecular complexity index is 1050. The summed E-state index contributed by atoms with van der Waals surface area (Å²) in [7, 11) is 2.89. The number of pyridine rings is 2. The Kier molecular flexibility index (Phi) is 8.50. The summed E-state index contributed by atoms with van der Waals surface area (Å²) in [6, 6.07) is 4.89. The lowest BCUT2D eigenvalue weighted by Crippen LogP contribution is -2.77. The smallest absolute Gasteiger partial charge is 0.417 e. The van der Waals surface area contributed by atoms with Crippen molar-refractivity contribution < 1.29 is 41.7 Å². The molecular weight excluding hydrogens is 495 g/mol. The fourth-order valence-electron chi connectivity index (χ4n) is 4.25. The van der Waals surface area contributed by atoms with Gasteiger partial charge in [0.05, 0.1) is 12.2 Å². The molecule has 202 valence electrons. The average Bonchev–Trinajstić information content (AvgIpc) is 3.70. The molecule has 1 aliphatic carbocycles. The van der Waals surface area contributed by atoms with E-state index >= 15 is 0 Å². The highest BCUT2D eigenvalue weighted by Crippen LogP contribution is 2.39. The van der Waals surface area contributed by atoms with Gasteiger partial charge in [0.2, 0.25) is 5.88 Å². The lowest BCUT2D eigenvalue weighted by atomic mass is 9.78. The highest BCUT2D eigenvalue weighted by atomic mass is 19.4. The van der Waals surface area contributed by atoms with Crippen molar-refractivity contribution in [1.82, 2.24) is 14.9 Å². The molecule has 0 radical (unpaired) electrons. The number of nitrogens with zero attached hydrogens (tertiary/aromatic N) is 3. The molecule has 4 rings (SSSR count). The predicted octanol–water partition coefficient (Wildman–Crippen LogP) is 3.47. The lowest BCUT2D eigenvalue weighted by Gasteiger charge is -2.54. The summed E-state index contributed by atoms with van der Waals surface area (Å²) in [5.41, 5.74) is -1.70. The number of carbonyl (C=O) groups excluding carboxylic acids is 1. The van der Waals surface area contributed by atoms with E-state index in [1.54, 1.807) is 18.3 Å². The first-order chi connectivity index (χ1) is 17.8. The molecule has 0 aromatic carbocycles. The molecule has 2 aromatic heterocycles. The van der Waals surface area contributed by atoms with E-state index in [4.69, 9.17) is 23.7 Å². The van der Waals surface area contributed by atoms with E-state index < -0.39 is 23.4 Å². The maximum Gasteiger partial charge on any atom is 0.417 e. The Morgan fingerprint density at radius 1 is 1.11 bits per heavy atom. The van der Waals surface area contributed by atoms with Gasteiger partial charge in [-0.3, -0.25) is 9.78 Å². The first-order valence-electron chi connectivity index (χ1n) is 11.9. The van der Waals surface area contributed by atoms with Gasteiger partial charge in [0.25, 0.3) is 5.91 Å². The van der Waals surface area contributed by atoms with Gasteiger partial charge < -0.3 is 28.6 Å². The minimum absolute atomic E-state index is 0.0189. The highest BCUT2D eigenvalue weighted by Gasteiger charge is 2.62. The van der Waals surface area contributed by atoms with Crippen molar-refractivity contribution in [2.24, 2.45) is 5.92 Å². The van der Waals surface area contributed by atoms with E-state index in [0.29, 0.717) is 24.2 Å². The largest absolute Gasteiger partial charge is 0.493 e. The molecule has 1 aliphatic heterocycles. The Hall–Kier alpha value is -2.96. The molecule has 1 saturated carbocycles. The summed E-state index contributed by atoms with van der Waals surface area (Å²) in [5.74, 6) is 1.03. The monoisotopic (exact) mass is 525 g/mol. The summed E-state index contributed by atoms with van der Waals surface area (Å²) in [4.78, 5) is 22.9. The maximum absolute atomic E-state index is 13.3. The molecule has 3 heterocycles. The van der Waals surface area contributed by atoms with E-state index in [9.17, 15) is 18.0 Å². The van der Waals surface area contributed by atoms with Crippen LogP contribution in [0.4, 0.5) is 13.2 Å². The van der Waals surface area contributed by atoms with Crippen LogP contribution in [0.3, 0.4) is 0 Å². The second-order valence-corrected chi connectivity index (χ2v) is 9.08. The van der Waals surface area contributed by atoms with Crippen LogP contribution in [0.2, 0.25) is 0 Å². The third-order valence-electron chi connectivity index (χ3n) is 6.42. The fourth-order valence-corrected chi connectivity index (χ4v) is 4.25. The molecule has 2 fully saturated rings. The standard InChI is InChI=1S/C25H30F3N3O6/c1-33-15-31-21(14-36-22-6-5-18(13-30-22)25(26,27)28)24(23(31)32,37-16-34-2)12-19-11-20(7-9-29-19)35-10-8-17-3-4-17/h5-7,9,11,13,17,21H,3-4,8,10,12,14-16H2,1-2H3/t21-,24+/m0/s1. The third-order valence-corrected chi connectivity index (χ3v) is 6.42. The molecule has 0 N–H and O–H groups in total. The van der Waals surface area contributed by atoms with E-state index in [0.717, 1.165) is 24.5 Å². The predicted molar refractivity (Wildman–Crippen MR) is 124 cm³/mol. The summed E-state index contributed by atoms with van der Waals surface area (Å²) >= 11 is 0. The number of carbonyl (C=O) groups is 1. The Labute approximate surface area is 212 Å². The number of hydrogen-bond acceptors (Lipinski definition) is 8. The molecule has 0 bridgehead atoms. The number of β-lactam (4-membered cyclic amide) rings is 1. The van der Waals surface area contributed by atoms with Crippen LogP contribution in [-0.2, 0) is 31.6 Å². The van der Waals surface area contributed by atoms with Crippen molar-refractivity contribution in [2.75, 3.05) is 41.0 Å². The zero-order valence-electron chi connectivity index (χ0n) is 20.7. The molecule has 37 heavy (non-hydrogen) atoms. The summed E-state index contributed by atoms with van der Waals surface area (Å²) in [5, 5.41) is 0. The molecule has 0 spiro atoms. The van der Waals surface area contributed by atoms with Gasteiger partial charge in [-0.25, -0.2) is 4.98 Å². The molecule has 2 aliphatic rings. The Balaban J connectivity index is 1.50. The van der Waals surface area contributed by atoms with E-state index in [-0.39, 0.29) is 38.3 Å². The lowest BCUT2D eigenvalue weighted by molar-refractivity contribution is -0.236. The van der Waals surface area contributed by atoms with Crippen LogP contribution in [0.5, 0.6) is 11.6 Å². The molecular formula is C25H30F3N3O6. The summed E-state index contributed by atoms with van der Waals surface area (Å²) in [6.07, 6.45) is 1.39. The first-order valence-corrected chi connectivity index (χ1v) is 11.9. The van der Waals surface area contributed by atoms with E-state index in [1.807, 2.05) is 0 Å². The topological polar surface area (TPSA) is 92.2 Å². The van der Waals surface area contributed by atoms with Crippen LogP contribution in [0.15, 0.2) is 36.7 Å². The van der Waals surface area contributed by atoms with Crippen molar-refractivity contribution >= 4 is 5.91 Å². The summed E-state index contributed by atoms with van der Waals surface area (Å²) in [6.45, 7) is 0.313. The normalized spacial score (nSPS) is 21.6. The molecule has 12 heteroatoms. The molecule has 9 nitrogen and oxygen atoms in total. The van der Waals surface area contributed by atoms with Gasteiger partial charge in [0.15, 0.2) is 5.60 Å². The van der Waals surface area contributed by atoms with Gasteiger partial charge in [0.1, 0.15) is 31.9 Å². The second-order valence-electron chi connectivity index (χ2n) is 9.08. The number of rotatable bonds is 14. The number of likely N-dealkylation sites (tertiary alicyclic amines) is 1. The summed E-state index contributed by atoms with van der Waals surface area (Å²) < 4.78 is 66.3. The molecule has 1 amide bonds. The van der Waals surface area contributed by atoms with Gasteiger partial charge in [0, 0.05) is 50.9 Å². The van der Waals surface area contributed by atoms with Crippen LogP contribution in [0.1, 0.15) is 30.5 Å². The van der Waals surface area contributed by atoms with Gasteiger partial charge in [-0.15, -0.1) is 0 Å². The number of ether oxygens (including phenoxy) is 5. The minimum Gasteiger partial charge on any atom is -0.493 e. The first kappa shape index (κ1) is 27.1. The number of aromatic nitrogens is 2. The van der Waals surface area contributed by atoms with Gasteiger partial charge in [-0.2, -0.15) is 13.2 Å².